The molecular formula is C17H31IN4OS. The van der Waals surface area contributed by atoms with Crippen LogP contribution < -0.4 is 10.6 Å². The lowest BCUT2D eigenvalue weighted by molar-refractivity contribution is 0.128. The van der Waals surface area contributed by atoms with E-state index in [1.165, 1.54) is 18.5 Å². The van der Waals surface area contributed by atoms with Gasteiger partial charge in [-0.3, -0.25) is 4.99 Å². The highest BCUT2D eigenvalue weighted by Gasteiger charge is 2.41. The molecule has 5 nitrogen and oxygen atoms in total. The van der Waals surface area contributed by atoms with Crippen molar-refractivity contribution in [3.05, 3.63) is 16.1 Å². The van der Waals surface area contributed by atoms with Gasteiger partial charge in [0.25, 0.3) is 0 Å². The van der Waals surface area contributed by atoms with Gasteiger partial charge in [-0.15, -0.1) is 35.3 Å². The standard InChI is InChI=1S/C17H30N4OS.HI/c1-5-22-9-8-17(6-7-17)12-20-16(18-4)19-10-15-21-14(11-23-15)13(2)3;/h11,13H,5-10,12H2,1-4H3,(H2,18,19,20);1H. The normalized spacial score (nSPS) is 16.0. The van der Waals surface area contributed by atoms with Gasteiger partial charge in [-0.25, -0.2) is 4.98 Å². The minimum absolute atomic E-state index is 0. The van der Waals surface area contributed by atoms with E-state index in [9.17, 15) is 0 Å². The monoisotopic (exact) mass is 466 g/mol. The number of guanidine groups is 1. The summed E-state index contributed by atoms with van der Waals surface area (Å²) in [5, 5.41) is 10.1. The van der Waals surface area contributed by atoms with Crippen molar-refractivity contribution < 1.29 is 4.74 Å². The summed E-state index contributed by atoms with van der Waals surface area (Å²) in [6.07, 6.45) is 3.71. The van der Waals surface area contributed by atoms with Gasteiger partial charge in [0, 0.05) is 32.2 Å². The molecule has 0 aromatic carbocycles. The Morgan fingerprint density at radius 1 is 1.42 bits per heavy atom. The molecule has 1 aromatic heterocycles. The van der Waals surface area contributed by atoms with Crippen LogP contribution in [0.25, 0.3) is 0 Å². The molecule has 1 heterocycles. The molecule has 24 heavy (non-hydrogen) atoms. The number of hydrogen-bond donors (Lipinski definition) is 2. The van der Waals surface area contributed by atoms with Gasteiger partial charge in [0.05, 0.1) is 12.2 Å². The molecular weight excluding hydrogens is 435 g/mol. The predicted octanol–water partition coefficient (Wildman–Crippen LogP) is 3.76. The van der Waals surface area contributed by atoms with Crippen molar-refractivity contribution >= 4 is 41.3 Å². The molecule has 0 radical (unpaired) electrons. The van der Waals surface area contributed by atoms with E-state index < -0.39 is 0 Å². The molecule has 138 valence electrons. The Morgan fingerprint density at radius 2 is 2.17 bits per heavy atom. The Kier molecular flexibility index (Phi) is 9.51. The molecule has 2 rings (SSSR count). The number of hydrogen-bond acceptors (Lipinski definition) is 4. The summed E-state index contributed by atoms with van der Waals surface area (Å²) in [5.74, 6) is 1.34. The Morgan fingerprint density at radius 3 is 2.71 bits per heavy atom. The fourth-order valence-corrected chi connectivity index (χ4v) is 3.34. The molecule has 1 aliphatic rings. The quantitative estimate of drug-likeness (QED) is 0.252. The van der Waals surface area contributed by atoms with Gasteiger partial charge < -0.3 is 15.4 Å². The van der Waals surface area contributed by atoms with Crippen molar-refractivity contribution in [1.82, 2.24) is 15.6 Å². The van der Waals surface area contributed by atoms with Gasteiger partial charge in [0.2, 0.25) is 0 Å². The van der Waals surface area contributed by atoms with Gasteiger partial charge in [-0.2, -0.15) is 0 Å². The first kappa shape index (κ1) is 21.6. The van der Waals surface area contributed by atoms with Crippen LogP contribution in [0.3, 0.4) is 0 Å². The lowest BCUT2D eigenvalue weighted by atomic mass is 10.0. The topological polar surface area (TPSA) is 58.5 Å². The molecule has 0 bridgehead atoms. The predicted molar refractivity (Wildman–Crippen MR) is 113 cm³/mol. The van der Waals surface area contributed by atoms with Crippen LogP contribution in [0.4, 0.5) is 0 Å². The van der Waals surface area contributed by atoms with Gasteiger partial charge >= 0.3 is 0 Å². The molecule has 1 aromatic rings. The maximum Gasteiger partial charge on any atom is 0.191 e. The second-order valence-electron chi connectivity index (χ2n) is 6.55. The van der Waals surface area contributed by atoms with Crippen LogP contribution in [0.2, 0.25) is 0 Å². The van der Waals surface area contributed by atoms with Crippen LogP contribution in [0.1, 0.15) is 56.7 Å². The first-order valence-electron chi connectivity index (χ1n) is 8.55. The SMILES string of the molecule is CCOCCC1(CNC(=NC)NCc2nc(C(C)C)cs2)CC1.I. The van der Waals surface area contributed by atoms with Crippen LogP contribution in [-0.2, 0) is 11.3 Å². The van der Waals surface area contributed by atoms with E-state index in [0.29, 0.717) is 11.3 Å². The Hall–Kier alpha value is -0.410. The third kappa shape index (κ3) is 6.84. The smallest absolute Gasteiger partial charge is 0.191 e. The Bertz CT molecular complexity index is 514. The summed E-state index contributed by atoms with van der Waals surface area (Å²) in [6, 6.07) is 0. The zero-order chi connectivity index (χ0) is 16.7. The number of ether oxygens (including phenoxy) is 1. The van der Waals surface area contributed by atoms with E-state index in [0.717, 1.165) is 43.7 Å². The van der Waals surface area contributed by atoms with Crippen LogP contribution in [0.15, 0.2) is 10.4 Å². The van der Waals surface area contributed by atoms with Crippen LogP contribution in [-0.4, -0.2) is 37.7 Å². The van der Waals surface area contributed by atoms with Gasteiger partial charge in [-0.05, 0) is 37.5 Å². The van der Waals surface area contributed by atoms with E-state index in [2.05, 4.69) is 39.8 Å². The molecule has 7 heteroatoms. The average molecular weight is 466 g/mol. The molecule has 0 atom stereocenters. The van der Waals surface area contributed by atoms with E-state index in [4.69, 9.17) is 4.74 Å². The zero-order valence-corrected chi connectivity index (χ0v) is 18.4. The highest BCUT2D eigenvalue weighted by atomic mass is 127. The number of thiazole rings is 1. The third-order valence-electron chi connectivity index (χ3n) is 4.36. The van der Waals surface area contributed by atoms with Crippen molar-refractivity contribution in [2.45, 2.75) is 52.5 Å². The number of aliphatic imine (C=N–C) groups is 1. The minimum Gasteiger partial charge on any atom is -0.382 e. The number of aromatic nitrogens is 1. The maximum absolute atomic E-state index is 5.49. The lowest BCUT2D eigenvalue weighted by Gasteiger charge is -2.18. The van der Waals surface area contributed by atoms with Crippen molar-refractivity contribution in [2.75, 3.05) is 26.8 Å². The van der Waals surface area contributed by atoms with Crippen LogP contribution >= 0.6 is 35.3 Å². The molecule has 0 saturated heterocycles. The van der Waals surface area contributed by atoms with Gasteiger partial charge in [-0.1, -0.05) is 13.8 Å². The average Bonchev–Trinajstić information content (AvgIpc) is 3.13. The third-order valence-corrected chi connectivity index (χ3v) is 5.23. The molecule has 0 spiro atoms. The van der Waals surface area contributed by atoms with Gasteiger partial charge in [0.1, 0.15) is 5.01 Å². The lowest BCUT2D eigenvalue weighted by Crippen LogP contribution is -2.40. The number of nitrogens with one attached hydrogen (secondary N) is 2. The van der Waals surface area contributed by atoms with Gasteiger partial charge in [0.15, 0.2) is 5.96 Å². The van der Waals surface area contributed by atoms with Crippen molar-refractivity contribution in [3.8, 4) is 0 Å². The summed E-state index contributed by atoms with van der Waals surface area (Å²) in [4.78, 5) is 8.96. The van der Waals surface area contributed by atoms with Crippen molar-refractivity contribution in [3.63, 3.8) is 0 Å². The van der Waals surface area contributed by atoms with Crippen molar-refractivity contribution in [1.29, 1.82) is 0 Å². The molecule has 2 N–H and O–H groups in total. The zero-order valence-electron chi connectivity index (χ0n) is 15.2. The molecule has 0 amide bonds. The summed E-state index contributed by atoms with van der Waals surface area (Å²) in [6.45, 7) is 9.75. The van der Waals surface area contributed by atoms with E-state index in [-0.39, 0.29) is 24.0 Å². The molecule has 1 fully saturated rings. The number of rotatable bonds is 9. The minimum atomic E-state index is 0. The van der Waals surface area contributed by atoms with Crippen LogP contribution in [0.5, 0.6) is 0 Å². The Balaban J connectivity index is 0.00000288. The summed E-state index contributed by atoms with van der Waals surface area (Å²) < 4.78 is 5.49. The first-order valence-corrected chi connectivity index (χ1v) is 9.43. The first-order chi connectivity index (χ1) is 11.1. The fourth-order valence-electron chi connectivity index (χ4n) is 2.45. The highest BCUT2D eigenvalue weighted by Crippen LogP contribution is 2.48. The summed E-state index contributed by atoms with van der Waals surface area (Å²) in [7, 11) is 1.82. The molecule has 0 unspecified atom stereocenters. The second kappa shape index (κ2) is 10.6. The molecule has 1 aliphatic carbocycles. The fraction of sp³-hybridized carbons (Fsp3) is 0.765. The Labute approximate surface area is 167 Å². The number of nitrogens with zero attached hydrogens (tertiary/aromatic N) is 2. The largest absolute Gasteiger partial charge is 0.382 e. The molecule has 0 aliphatic heterocycles. The van der Waals surface area contributed by atoms with Crippen LogP contribution in [0, 0.1) is 5.41 Å². The highest BCUT2D eigenvalue weighted by molar-refractivity contribution is 14.0. The number of halogens is 1. The van der Waals surface area contributed by atoms with E-state index >= 15 is 0 Å². The van der Waals surface area contributed by atoms with Crippen molar-refractivity contribution in [2.24, 2.45) is 10.4 Å². The summed E-state index contributed by atoms with van der Waals surface area (Å²) in [5.41, 5.74) is 1.58. The van der Waals surface area contributed by atoms with E-state index in [1.807, 2.05) is 14.0 Å². The second-order valence-corrected chi connectivity index (χ2v) is 7.49. The maximum atomic E-state index is 5.49. The van der Waals surface area contributed by atoms with E-state index in [1.54, 1.807) is 11.3 Å². The summed E-state index contributed by atoms with van der Waals surface area (Å²) >= 11 is 1.71. The molecule has 1 saturated carbocycles.